The molecule has 0 bridgehead atoms. The third-order valence-electron chi connectivity index (χ3n) is 3.75. The van der Waals surface area contributed by atoms with E-state index in [1.807, 2.05) is 41.1 Å². The van der Waals surface area contributed by atoms with Crippen LogP contribution in [-0.2, 0) is 11.3 Å². The molecule has 0 spiro atoms. The SMILES string of the molecule is COC(=O)c1ccc(-c2nnn(Cc3ccc(OC)cc3)c2I)cc1. The lowest BCUT2D eigenvalue weighted by Gasteiger charge is -2.05. The van der Waals surface area contributed by atoms with E-state index in [0.717, 1.165) is 26.3 Å². The van der Waals surface area contributed by atoms with E-state index in [-0.39, 0.29) is 5.97 Å². The van der Waals surface area contributed by atoms with Gasteiger partial charge >= 0.3 is 5.97 Å². The molecule has 0 radical (unpaired) electrons. The quantitative estimate of drug-likeness (QED) is 0.442. The van der Waals surface area contributed by atoms with Crippen molar-refractivity contribution in [2.24, 2.45) is 0 Å². The summed E-state index contributed by atoms with van der Waals surface area (Å²) in [6.07, 6.45) is 0. The first kappa shape index (κ1) is 17.4. The minimum absolute atomic E-state index is 0.357. The Morgan fingerprint density at radius 2 is 1.76 bits per heavy atom. The molecule has 0 amide bonds. The van der Waals surface area contributed by atoms with Gasteiger partial charge in [0.15, 0.2) is 0 Å². The molecule has 0 atom stereocenters. The summed E-state index contributed by atoms with van der Waals surface area (Å²) in [6, 6.07) is 15.0. The number of nitrogens with zero attached hydrogens (tertiary/aromatic N) is 3. The molecule has 7 heteroatoms. The normalized spacial score (nSPS) is 10.5. The molecular formula is C18H16IN3O3. The number of carbonyl (C=O) groups excluding carboxylic acids is 1. The van der Waals surface area contributed by atoms with Crippen molar-refractivity contribution >= 4 is 28.6 Å². The number of halogens is 1. The Morgan fingerprint density at radius 1 is 1.08 bits per heavy atom. The summed E-state index contributed by atoms with van der Waals surface area (Å²) in [5, 5.41) is 8.52. The van der Waals surface area contributed by atoms with Gasteiger partial charge in [0.1, 0.15) is 15.1 Å². The molecule has 2 aromatic carbocycles. The molecule has 0 aliphatic carbocycles. The van der Waals surface area contributed by atoms with Crippen LogP contribution in [0.1, 0.15) is 15.9 Å². The molecule has 25 heavy (non-hydrogen) atoms. The molecule has 6 nitrogen and oxygen atoms in total. The minimum Gasteiger partial charge on any atom is -0.497 e. The van der Waals surface area contributed by atoms with Crippen LogP contribution in [0.5, 0.6) is 5.75 Å². The highest BCUT2D eigenvalue weighted by molar-refractivity contribution is 14.1. The van der Waals surface area contributed by atoms with Gasteiger partial charge in [0.2, 0.25) is 0 Å². The molecule has 0 aliphatic rings. The molecule has 0 N–H and O–H groups in total. The van der Waals surface area contributed by atoms with Gasteiger partial charge in [-0.3, -0.25) is 0 Å². The average Bonchev–Trinajstić information content (AvgIpc) is 3.02. The Kier molecular flexibility index (Phi) is 5.32. The van der Waals surface area contributed by atoms with E-state index in [9.17, 15) is 4.79 Å². The van der Waals surface area contributed by atoms with E-state index in [1.165, 1.54) is 7.11 Å². The fourth-order valence-electron chi connectivity index (χ4n) is 2.37. The molecule has 1 heterocycles. The second kappa shape index (κ2) is 7.64. The van der Waals surface area contributed by atoms with Crippen LogP contribution < -0.4 is 4.74 Å². The van der Waals surface area contributed by atoms with Crippen LogP contribution in [0.3, 0.4) is 0 Å². The molecule has 0 fully saturated rings. The standard InChI is InChI=1S/C18H16IN3O3/c1-24-15-9-3-12(4-10-15)11-22-17(19)16(20-21-22)13-5-7-14(8-6-13)18(23)25-2/h3-10H,11H2,1-2H3. The highest BCUT2D eigenvalue weighted by atomic mass is 127. The predicted molar refractivity (Wildman–Crippen MR) is 102 cm³/mol. The van der Waals surface area contributed by atoms with Gasteiger partial charge in [0.25, 0.3) is 0 Å². The predicted octanol–water partition coefficient (Wildman–Crippen LogP) is 3.39. The first-order valence-corrected chi connectivity index (χ1v) is 8.61. The summed E-state index contributed by atoms with van der Waals surface area (Å²) in [5.74, 6) is 0.466. The van der Waals surface area contributed by atoms with Gasteiger partial charge < -0.3 is 9.47 Å². The molecule has 0 saturated heterocycles. The maximum Gasteiger partial charge on any atom is 0.337 e. The number of hydrogen-bond acceptors (Lipinski definition) is 5. The van der Waals surface area contributed by atoms with E-state index < -0.39 is 0 Å². The Hall–Kier alpha value is -2.42. The average molecular weight is 449 g/mol. The van der Waals surface area contributed by atoms with E-state index in [2.05, 4.69) is 32.9 Å². The topological polar surface area (TPSA) is 66.2 Å². The van der Waals surface area contributed by atoms with Crippen molar-refractivity contribution in [1.82, 2.24) is 15.0 Å². The molecular weight excluding hydrogens is 433 g/mol. The number of methoxy groups -OCH3 is 2. The van der Waals surface area contributed by atoms with E-state index in [1.54, 1.807) is 19.2 Å². The lowest BCUT2D eigenvalue weighted by molar-refractivity contribution is 0.0601. The van der Waals surface area contributed by atoms with Crippen molar-refractivity contribution in [3.05, 3.63) is 63.4 Å². The van der Waals surface area contributed by atoms with Crippen LogP contribution in [0.4, 0.5) is 0 Å². The zero-order chi connectivity index (χ0) is 17.8. The molecule has 0 unspecified atom stereocenters. The third-order valence-corrected chi connectivity index (χ3v) is 4.81. The Labute approximate surface area is 158 Å². The van der Waals surface area contributed by atoms with Crippen LogP contribution in [0.15, 0.2) is 48.5 Å². The summed E-state index contributed by atoms with van der Waals surface area (Å²) < 4.78 is 12.7. The van der Waals surface area contributed by atoms with Crippen LogP contribution in [0.25, 0.3) is 11.3 Å². The zero-order valence-electron chi connectivity index (χ0n) is 13.8. The summed E-state index contributed by atoms with van der Waals surface area (Å²) in [7, 11) is 3.01. The first-order chi connectivity index (χ1) is 12.1. The smallest absolute Gasteiger partial charge is 0.337 e. The van der Waals surface area contributed by atoms with Gasteiger partial charge in [0, 0.05) is 5.56 Å². The minimum atomic E-state index is -0.357. The maximum absolute atomic E-state index is 11.5. The molecule has 3 aromatic rings. The van der Waals surface area contributed by atoms with E-state index in [0.29, 0.717) is 12.1 Å². The molecule has 128 valence electrons. The van der Waals surface area contributed by atoms with Crippen LogP contribution in [-0.4, -0.2) is 35.2 Å². The zero-order valence-corrected chi connectivity index (χ0v) is 15.9. The summed E-state index contributed by atoms with van der Waals surface area (Å²) in [6.45, 7) is 0.621. The molecule has 3 rings (SSSR count). The second-order valence-electron chi connectivity index (χ2n) is 5.30. The Balaban J connectivity index is 1.81. The van der Waals surface area contributed by atoms with Crippen molar-refractivity contribution in [2.75, 3.05) is 14.2 Å². The summed E-state index contributed by atoms with van der Waals surface area (Å²) >= 11 is 2.23. The molecule has 0 saturated carbocycles. The monoisotopic (exact) mass is 449 g/mol. The largest absolute Gasteiger partial charge is 0.497 e. The highest BCUT2D eigenvalue weighted by Gasteiger charge is 2.13. The second-order valence-corrected chi connectivity index (χ2v) is 6.33. The number of rotatable bonds is 5. The molecule has 0 aliphatic heterocycles. The van der Waals surface area contributed by atoms with Gasteiger partial charge in [-0.1, -0.05) is 29.5 Å². The lowest BCUT2D eigenvalue weighted by Crippen LogP contribution is -2.04. The Morgan fingerprint density at radius 3 is 2.36 bits per heavy atom. The van der Waals surface area contributed by atoms with Crippen LogP contribution >= 0.6 is 22.6 Å². The van der Waals surface area contributed by atoms with Gasteiger partial charge in [-0.25, -0.2) is 9.48 Å². The highest BCUT2D eigenvalue weighted by Crippen LogP contribution is 2.24. The Bertz CT molecular complexity index is 874. The van der Waals surface area contributed by atoms with Crippen molar-refractivity contribution in [2.45, 2.75) is 6.54 Å². The van der Waals surface area contributed by atoms with Gasteiger partial charge in [-0.05, 0) is 52.4 Å². The lowest BCUT2D eigenvalue weighted by atomic mass is 10.1. The van der Waals surface area contributed by atoms with Crippen molar-refractivity contribution in [1.29, 1.82) is 0 Å². The number of benzene rings is 2. The van der Waals surface area contributed by atoms with Gasteiger partial charge in [-0.2, -0.15) is 0 Å². The fourth-order valence-corrected chi connectivity index (χ4v) is 3.05. The van der Waals surface area contributed by atoms with Gasteiger partial charge in [0.05, 0.1) is 26.3 Å². The summed E-state index contributed by atoms with van der Waals surface area (Å²) in [4.78, 5) is 11.5. The number of carbonyl (C=O) groups is 1. The maximum atomic E-state index is 11.5. The number of ether oxygens (including phenoxy) is 2. The van der Waals surface area contributed by atoms with E-state index >= 15 is 0 Å². The van der Waals surface area contributed by atoms with Crippen LogP contribution in [0.2, 0.25) is 0 Å². The van der Waals surface area contributed by atoms with Crippen molar-refractivity contribution < 1.29 is 14.3 Å². The molecule has 1 aromatic heterocycles. The van der Waals surface area contributed by atoms with Crippen molar-refractivity contribution in [3.8, 4) is 17.0 Å². The van der Waals surface area contributed by atoms with Crippen LogP contribution in [0, 0.1) is 3.70 Å². The number of hydrogen-bond donors (Lipinski definition) is 0. The van der Waals surface area contributed by atoms with Gasteiger partial charge in [-0.15, -0.1) is 5.10 Å². The fraction of sp³-hybridized carbons (Fsp3) is 0.167. The van der Waals surface area contributed by atoms with E-state index in [4.69, 9.17) is 9.47 Å². The summed E-state index contributed by atoms with van der Waals surface area (Å²) in [5.41, 5.74) is 3.30. The number of esters is 1. The first-order valence-electron chi connectivity index (χ1n) is 7.53. The number of aromatic nitrogens is 3. The van der Waals surface area contributed by atoms with Crippen molar-refractivity contribution in [3.63, 3.8) is 0 Å². The third kappa shape index (κ3) is 3.81.